The molecule has 1 aliphatic heterocycles. The molecule has 0 radical (unpaired) electrons. The summed E-state index contributed by atoms with van der Waals surface area (Å²) in [6.07, 6.45) is 5.08. The van der Waals surface area contributed by atoms with Gasteiger partial charge in [0.15, 0.2) is 5.76 Å². The van der Waals surface area contributed by atoms with Gasteiger partial charge in [0, 0.05) is 38.6 Å². The van der Waals surface area contributed by atoms with Crippen LogP contribution in [0.15, 0.2) is 35.1 Å². The van der Waals surface area contributed by atoms with Gasteiger partial charge in [-0.1, -0.05) is 0 Å². The number of aromatic nitrogens is 2. The number of carbonyl (C=O) groups is 1. The van der Waals surface area contributed by atoms with Crippen molar-refractivity contribution in [3.05, 3.63) is 42.2 Å². The van der Waals surface area contributed by atoms with Gasteiger partial charge in [0.2, 0.25) is 0 Å². The normalized spacial score (nSPS) is 15.4. The molecule has 6 nitrogen and oxygen atoms in total. The molecule has 0 bridgehead atoms. The molecule has 0 saturated carbocycles. The molecule has 3 rings (SSSR count). The maximum atomic E-state index is 12.2. The molecule has 2 aromatic heterocycles. The van der Waals surface area contributed by atoms with Crippen LogP contribution in [-0.4, -0.2) is 47.0 Å². The second-order valence-corrected chi connectivity index (χ2v) is 4.75. The minimum Gasteiger partial charge on any atom is -0.456 e. The molecule has 0 N–H and O–H groups in total. The highest BCUT2D eigenvalue weighted by Gasteiger charge is 2.24. The first-order valence-corrected chi connectivity index (χ1v) is 6.61. The van der Waals surface area contributed by atoms with Crippen LogP contribution in [0.25, 0.3) is 0 Å². The van der Waals surface area contributed by atoms with Crippen molar-refractivity contribution >= 4 is 11.7 Å². The average Bonchev–Trinajstić information content (AvgIpc) is 2.94. The third-order valence-corrected chi connectivity index (χ3v) is 3.39. The maximum Gasteiger partial charge on any atom is 0.289 e. The van der Waals surface area contributed by atoms with Crippen LogP contribution in [0, 0.1) is 6.92 Å². The molecule has 20 heavy (non-hydrogen) atoms. The van der Waals surface area contributed by atoms with E-state index in [1.807, 2.05) is 17.9 Å². The second-order valence-electron chi connectivity index (χ2n) is 4.75. The third kappa shape index (κ3) is 2.49. The van der Waals surface area contributed by atoms with Crippen molar-refractivity contribution in [2.75, 3.05) is 31.1 Å². The van der Waals surface area contributed by atoms with Crippen molar-refractivity contribution in [1.29, 1.82) is 0 Å². The van der Waals surface area contributed by atoms with Gasteiger partial charge < -0.3 is 14.2 Å². The first-order valence-electron chi connectivity index (χ1n) is 6.61. The van der Waals surface area contributed by atoms with Crippen LogP contribution in [0.2, 0.25) is 0 Å². The lowest BCUT2D eigenvalue weighted by molar-refractivity contribution is 0.0713. The van der Waals surface area contributed by atoms with Gasteiger partial charge in [0.25, 0.3) is 5.91 Å². The van der Waals surface area contributed by atoms with Crippen LogP contribution >= 0.6 is 0 Å². The average molecular weight is 272 g/mol. The molecule has 3 heterocycles. The molecule has 0 atom stereocenters. The van der Waals surface area contributed by atoms with Crippen molar-refractivity contribution in [3.63, 3.8) is 0 Å². The van der Waals surface area contributed by atoms with Crippen LogP contribution in [0.3, 0.4) is 0 Å². The van der Waals surface area contributed by atoms with E-state index in [-0.39, 0.29) is 5.91 Å². The molecule has 6 heteroatoms. The molecule has 2 aromatic rings. The van der Waals surface area contributed by atoms with E-state index in [1.54, 1.807) is 24.7 Å². The number of hydrogen-bond acceptors (Lipinski definition) is 5. The molecular weight excluding hydrogens is 256 g/mol. The Labute approximate surface area is 117 Å². The lowest BCUT2D eigenvalue weighted by Gasteiger charge is -2.34. The number of furan rings is 1. The maximum absolute atomic E-state index is 12.2. The SMILES string of the molecule is Cc1ccc(C(=O)N2CCN(c3cnccn3)CC2)o1. The van der Waals surface area contributed by atoms with Crippen LogP contribution in [-0.2, 0) is 0 Å². The van der Waals surface area contributed by atoms with E-state index in [1.165, 1.54) is 0 Å². The van der Waals surface area contributed by atoms with E-state index in [2.05, 4.69) is 14.9 Å². The van der Waals surface area contributed by atoms with Crippen molar-refractivity contribution in [3.8, 4) is 0 Å². The molecule has 104 valence electrons. The molecule has 1 fully saturated rings. The fourth-order valence-corrected chi connectivity index (χ4v) is 2.30. The summed E-state index contributed by atoms with van der Waals surface area (Å²) < 4.78 is 5.38. The Morgan fingerprint density at radius 3 is 2.60 bits per heavy atom. The summed E-state index contributed by atoms with van der Waals surface area (Å²) in [4.78, 5) is 24.5. The predicted octanol–water partition coefficient (Wildman–Crippen LogP) is 1.34. The van der Waals surface area contributed by atoms with Gasteiger partial charge in [0.1, 0.15) is 11.6 Å². The largest absolute Gasteiger partial charge is 0.456 e. The lowest BCUT2D eigenvalue weighted by Crippen LogP contribution is -2.49. The van der Waals surface area contributed by atoms with Crippen molar-refractivity contribution < 1.29 is 9.21 Å². The van der Waals surface area contributed by atoms with Crippen molar-refractivity contribution in [2.45, 2.75) is 6.92 Å². The Bertz CT molecular complexity index is 588. The van der Waals surface area contributed by atoms with E-state index < -0.39 is 0 Å². The smallest absolute Gasteiger partial charge is 0.289 e. The van der Waals surface area contributed by atoms with Gasteiger partial charge >= 0.3 is 0 Å². The molecule has 0 aliphatic carbocycles. The lowest BCUT2D eigenvalue weighted by atomic mass is 10.3. The number of carbonyl (C=O) groups excluding carboxylic acids is 1. The number of aryl methyl sites for hydroxylation is 1. The molecular formula is C14H16N4O2. The second kappa shape index (κ2) is 5.32. The standard InChI is InChI=1S/C14H16N4O2/c1-11-2-3-12(20-11)14(19)18-8-6-17(7-9-18)13-10-15-4-5-16-13/h2-5,10H,6-9H2,1H3. The highest BCUT2D eigenvalue weighted by Crippen LogP contribution is 2.15. The minimum atomic E-state index is -0.0445. The summed E-state index contributed by atoms with van der Waals surface area (Å²) in [5.74, 6) is 1.98. The van der Waals surface area contributed by atoms with Crippen molar-refractivity contribution in [1.82, 2.24) is 14.9 Å². The van der Waals surface area contributed by atoms with Gasteiger partial charge in [-0.25, -0.2) is 4.98 Å². The molecule has 1 aliphatic rings. The number of rotatable bonds is 2. The van der Waals surface area contributed by atoms with Crippen molar-refractivity contribution in [2.24, 2.45) is 0 Å². The Balaban J connectivity index is 1.63. The monoisotopic (exact) mass is 272 g/mol. The van der Waals surface area contributed by atoms with Gasteiger partial charge in [-0.05, 0) is 19.1 Å². The molecule has 0 spiro atoms. The minimum absolute atomic E-state index is 0.0445. The predicted molar refractivity (Wildman–Crippen MR) is 73.6 cm³/mol. The Kier molecular flexibility index (Phi) is 3.37. The molecule has 1 amide bonds. The first kappa shape index (κ1) is 12.7. The molecule has 0 aromatic carbocycles. The highest BCUT2D eigenvalue weighted by atomic mass is 16.3. The van der Waals surface area contributed by atoms with E-state index >= 15 is 0 Å². The fraction of sp³-hybridized carbons (Fsp3) is 0.357. The summed E-state index contributed by atoms with van der Waals surface area (Å²) in [6, 6.07) is 3.54. The van der Waals surface area contributed by atoms with E-state index in [0.29, 0.717) is 18.8 Å². The van der Waals surface area contributed by atoms with Crippen LogP contribution < -0.4 is 4.90 Å². The summed E-state index contributed by atoms with van der Waals surface area (Å²) in [5.41, 5.74) is 0. The topological polar surface area (TPSA) is 62.5 Å². The Hall–Kier alpha value is -2.37. The van der Waals surface area contributed by atoms with Gasteiger partial charge in [-0.15, -0.1) is 0 Å². The quantitative estimate of drug-likeness (QED) is 0.825. The zero-order valence-corrected chi connectivity index (χ0v) is 11.3. The van der Waals surface area contributed by atoms with Gasteiger partial charge in [0.05, 0.1) is 6.20 Å². The van der Waals surface area contributed by atoms with E-state index in [0.717, 1.165) is 24.7 Å². The zero-order chi connectivity index (χ0) is 13.9. The number of hydrogen-bond donors (Lipinski definition) is 0. The summed E-state index contributed by atoms with van der Waals surface area (Å²) in [7, 11) is 0. The molecule has 0 unspecified atom stereocenters. The Morgan fingerprint density at radius 2 is 2.00 bits per heavy atom. The van der Waals surface area contributed by atoms with Crippen LogP contribution in [0.5, 0.6) is 0 Å². The number of nitrogens with zero attached hydrogens (tertiary/aromatic N) is 4. The number of amides is 1. The highest BCUT2D eigenvalue weighted by molar-refractivity contribution is 5.91. The first-order chi connectivity index (χ1) is 9.74. The van der Waals surface area contributed by atoms with Crippen LogP contribution in [0.1, 0.15) is 16.3 Å². The van der Waals surface area contributed by atoms with Gasteiger partial charge in [-0.2, -0.15) is 0 Å². The Morgan fingerprint density at radius 1 is 1.20 bits per heavy atom. The summed E-state index contributed by atoms with van der Waals surface area (Å²) in [5, 5.41) is 0. The number of piperazine rings is 1. The summed E-state index contributed by atoms with van der Waals surface area (Å²) in [6.45, 7) is 4.67. The number of anilines is 1. The molecule has 1 saturated heterocycles. The summed E-state index contributed by atoms with van der Waals surface area (Å²) >= 11 is 0. The zero-order valence-electron chi connectivity index (χ0n) is 11.3. The van der Waals surface area contributed by atoms with Gasteiger partial charge in [-0.3, -0.25) is 9.78 Å². The van der Waals surface area contributed by atoms with E-state index in [9.17, 15) is 4.79 Å². The third-order valence-electron chi connectivity index (χ3n) is 3.39. The van der Waals surface area contributed by atoms with E-state index in [4.69, 9.17) is 4.42 Å². The van der Waals surface area contributed by atoms with Crippen LogP contribution in [0.4, 0.5) is 5.82 Å². The fourth-order valence-electron chi connectivity index (χ4n) is 2.30.